The summed E-state index contributed by atoms with van der Waals surface area (Å²) in [4.78, 5) is 10.1. The van der Waals surface area contributed by atoms with Crippen LogP contribution in [0.3, 0.4) is 0 Å². The Kier molecular flexibility index (Phi) is 4.53. The Hall–Kier alpha value is -1.03. The Morgan fingerprint density at radius 2 is 2.33 bits per heavy atom. The van der Waals surface area contributed by atoms with Crippen molar-refractivity contribution >= 4 is 6.29 Å². The first kappa shape index (κ1) is 7.97. The van der Waals surface area contributed by atoms with Gasteiger partial charge in [0, 0.05) is 6.42 Å². The molecule has 0 heterocycles. The molecule has 0 aromatic rings. The zero-order chi connectivity index (χ0) is 7.11. The summed E-state index contributed by atoms with van der Waals surface area (Å²) in [5, 5.41) is 0. The summed E-state index contributed by atoms with van der Waals surface area (Å²) in [6, 6.07) is 0. The van der Waals surface area contributed by atoms with E-state index in [-0.39, 0.29) is 0 Å². The normalized spacial score (nSPS) is 9.78. The van der Waals surface area contributed by atoms with Gasteiger partial charge in [0.1, 0.15) is 0 Å². The lowest BCUT2D eigenvalue weighted by atomic mass is 10.3. The van der Waals surface area contributed by atoms with E-state index in [9.17, 15) is 4.79 Å². The fourth-order valence-corrected chi connectivity index (χ4v) is 0.360. The molecule has 9 heavy (non-hydrogen) atoms. The molecular weight excluding hydrogens is 112 g/mol. The van der Waals surface area contributed by atoms with E-state index in [0.717, 1.165) is 12.7 Å². The van der Waals surface area contributed by atoms with E-state index in [1.54, 1.807) is 13.0 Å². The Balaban J connectivity index is 4.00. The van der Waals surface area contributed by atoms with Crippen LogP contribution in [0, 0.1) is 11.8 Å². The van der Waals surface area contributed by atoms with Crippen LogP contribution in [-0.4, -0.2) is 6.29 Å². The quantitative estimate of drug-likeness (QED) is 0.293. The average Bonchev–Trinajstić information content (AvgIpc) is 1.91. The molecule has 1 heteroatoms. The largest absolute Gasteiger partial charge is 0.297 e. The predicted molar refractivity (Wildman–Crippen MR) is 37.9 cm³/mol. The number of hydrogen-bond donors (Lipinski definition) is 0. The second-order valence-corrected chi connectivity index (χ2v) is 1.52. The van der Waals surface area contributed by atoms with Gasteiger partial charge in [0.05, 0.1) is 5.57 Å². The Labute approximate surface area is 55.8 Å². The molecule has 0 spiro atoms. The van der Waals surface area contributed by atoms with Gasteiger partial charge < -0.3 is 0 Å². The van der Waals surface area contributed by atoms with Crippen molar-refractivity contribution in [2.24, 2.45) is 0 Å². The molecule has 48 valence electrons. The van der Waals surface area contributed by atoms with Crippen molar-refractivity contribution in [3.63, 3.8) is 0 Å². The van der Waals surface area contributed by atoms with Crippen LogP contribution in [0.4, 0.5) is 0 Å². The minimum absolute atomic E-state index is 0.567. The number of carbonyl (C=O) groups is 1. The van der Waals surface area contributed by atoms with Crippen LogP contribution >= 0.6 is 0 Å². The molecule has 0 fully saturated rings. The van der Waals surface area contributed by atoms with E-state index in [0.29, 0.717) is 5.57 Å². The van der Waals surface area contributed by atoms with Crippen molar-refractivity contribution in [3.05, 3.63) is 11.6 Å². The number of carbonyl (C=O) groups excluding carboxylic acids is 1. The van der Waals surface area contributed by atoms with Gasteiger partial charge in [-0.05, 0) is 6.92 Å². The third kappa shape index (κ3) is 3.54. The molecule has 0 aromatic heterocycles. The summed E-state index contributed by atoms with van der Waals surface area (Å²) in [6.07, 6.45) is 3.27. The van der Waals surface area contributed by atoms with Gasteiger partial charge >= 0.3 is 0 Å². The molecule has 0 unspecified atom stereocenters. The second kappa shape index (κ2) is 5.11. The summed E-state index contributed by atoms with van der Waals surface area (Å²) in [5.74, 6) is 5.51. The highest BCUT2D eigenvalue weighted by Crippen LogP contribution is 1.84. The van der Waals surface area contributed by atoms with Crippen LogP contribution in [0.5, 0.6) is 0 Å². The molecule has 0 rings (SSSR count). The van der Waals surface area contributed by atoms with Gasteiger partial charge in [-0.3, -0.25) is 4.79 Å². The zero-order valence-corrected chi connectivity index (χ0v) is 5.77. The highest BCUT2D eigenvalue weighted by Gasteiger charge is 1.80. The molecule has 0 N–H and O–H groups in total. The molecule has 1 nitrogen and oxygen atoms in total. The molecule has 0 aliphatic heterocycles. The van der Waals surface area contributed by atoms with Gasteiger partial charge in [-0.15, -0.1) is 0 Å². The SMILES string of the molecule is CC=C(C#CCC)C=O. The van der Waals surface area contributed by atoms with E-state index in [1.165, 1.54) is 0 Å². The standard InChI is InChI=1S/C8H10O/c1-3-5-6-8(4-2)7-9/h4,7H,3H2,1-2H3. The molecular formula is C8H10O. The summed E-state index contributed by atoms with van der Waals surface area (Å²) < 4.78 is 0. The van der Waals surface area contributed by atoms with Crippen molar-refractivity contribution in [1.29, 1.82) is 0 Å². The van der Waals surface area contributed by atoms with Gasteiger partial charge in [0.15, 0.2) is 6.29 Å². The summed E-state index contributed by atoms with van der Waals surface area (Å²) in [7, 11) is 0. The van der Waals surface area contributed by atoms with Crippen LogP contribution in [0.1, 0.15) is 20.3 Å². The zero-order valence-electron chi connectivity index (χ0n) is 5.77. The smallest absolute Gasteiger partial charge is 0.158 e. The molecule has 0 aromatic carbocycles. The number of rotatable bonds is 1. The van der Waals surface area contributed by atoms with E-state index in [2.05, 4.69) is 11.8 Å². The molecule has 0 atom stereocenters. The lowest BCUT2D eigenvalue weighted by molar-refractivity contribution is -0.104. The van der Waals surface area contributed by atoms with Crippen molar-refractivity contribution in [2.75, 3.05) is 0 Å². The predicted octanol–water partition coefficient (Wildman–Crippen LogP) is 1.54. The van der Waals surface area contributed by atoms with Crippen LogP contribution in [0.2, 0.25) is 0 Å². The molecule has 0 saturated heterocycles. The lowest BCUT2D eigenvalue weighted by Gasteiger charge is -1.77. The Bertz CT molecular complexity index is 167. The Morgan fingerprint density at radius 1 is 1.67 bits per heavy atom. The average molecular weight is 122 g/mol. The van der Waals surface area contributed by atoms with Crippen LogP contribution in [0.15, 0.2) is 11.6 Å². The molecule has 0 aliphatic carbocycles. The van der Waals surface area contributed by atoms with Gasteiger partial charge in [-0.1, -0.05) is 24.8 Å². The van der Waals surface area contributed by atoms with E-state index >= 15 is 0 Å². The molecule has 0 aliphatic rings. The maximum atomic E-state index is 10.1. The van der Waals surface area contributed by atoms with Crippen LogP contribution in [-0.2, 0) is 4.79 Å². The van der Waals surface area contributed by atoms with E-state index < -0.39 is 0 Å². The first-order chi connectivity index (χ1) is 4.35. The fraction of sp³-hybridized carbons (Fsp3) is 0.375. The Morgan fingerprint density at radius 3 is 2.67 bits per heavy atom. The maximum Gasteiger partial charge on any atom is 0.158 e. The topological polar surface area (TPSA) is 17.1 Å². The van der Waals surface area contributed by atoms with Crippen molar-refractivity contribution in [3.8, 4) is 11.8 Å². The maximum absolute atomic E-state index is 10.1. The highest BCUT2D eigenvalue weighted by atomic mass is 16.1. The number of hydrogen-bond acceptors (Lipinski definition) is 1. The monoisotopic (exact) mass is 122 g/mol. The van der Waals surface area contributed by atoms with Crippen LogP contribution in [0.25, 0.3) is 0 Å². The first-order valence-corrected chi connectivity index (χ1v) is 2.95. The lowest BCUT2D eigenvalue weighted by Crippen LogP contribution is -1.76. The third-order valence-electron chi connectivity index (χ3n) is 0.847. The molecule has 0 amide bonds. The van der Waals surface area contributed by atoms with Crippen molar-refractivity contribution in [1.82, 2.24) is 0 Å². The highest BCUT2D eigenvalue weighted by molar-refractivity contribution is 5.79. The summed E-state index contributed by atoms with van der Waals surface area (Å²) in [5.41, 5.74) is 0.567. The molecule has 0 saturated carbocycles. The van der Waals surface area contributed by atoms with Gasteiger partial charge in [0.25, 0.3) is 0 Å². The minimum Gasteiger partial charge on any atom is -0.297 e. The second-order valence-electron chi connectivity index (χ2n) is 1.52. The molecule has 0 radical (unpaired) electrons. The van der Waals surface area contributed by atoms with Gasteiger partial charge in [-0.2, -0.15) is 0 Å². The van der Waals surface area contributed by atoms with Gasteiger partial charge in [0.2, 0.25) is 0 Å². The van der Waals surface area contributed by atoms with E-state index in [4.69, 9.17) is 0 Å². The van der Waals surface area contributed by atoms with Crippen molar-refractivity contribution < 1.29 is 4.79 Å². The van der Waals surface area contributed by atoms with Gasteiger partial charge in [-0.25, -0.2) is 0 Å². The fourth-order valence-electron chi connectivity index (χ4n) is 0.360. The molecule has 0 bridgehead atoms. The first-order valence-electron chi connectivity index (χ1n) is 2.95. The number of allylic oxidation sites excluding steroid dienone is 2. The minimum atomic E-state index is 0.567. The van der Waals surface area contributed by atoms with Crippen LogP contribution < -0.4 is 0 Å². The van der Waals surface area contributed by atoms with E-state index in [1.807, 2.05) is 6.92 Å². The van der Waals surface area contributed by atoms with Crippen molar-refractivity contribution in [2.45, 2.75) is 20.3 Å². The third-order valence-corrected chi connectivity index (χ3v) is 0.847. The number of aldehydes is 1. The summed E-state index contributed by atoms with van der Waals surface area (Å²) in [6.45, 7) is 3.75. The summed E-state index contributed by atoms with van der Waals surface area (Å²) >= 11 is 0.